The van der Waals surface area contributed by atoms with Crippen LogP contribution in [0.1, 0.15) is 53.3 Å². The summed E-state index contributed by atoms with van der Waals surface area (Å²) >= 11 is 0. The van der Waals surface area contributed by atoms with Crippen LogP contribution in [0, 0.1) is 17.2 Å². The molecule has 1 saturated carbocycles. The molecule has 1 aliphatic carbocycles. The van der Waals surface area contributed by atoms with Gasteiger partial charge in [0.05, 0.1) is 12.0 Å². The first-order valence-electron chi connectivity index (χ1n) is 8.09. The molecule has 2 atom stereocenters. The number of nitriles is 1. The zero-order valence-electron chi connectivity index (χ0n) is 13.7. The first kappa shape index (κ1) is 17.7. The summed E-state index contributed by atoms with van der Waals surface area (Å²) in [4.78, 5) is 35.8. The lowest BCUT2D eigenvalue weighted by Gasteiger charge is -2.31. The third-order valence-electron chi connectivity index (χ3n) is 4.31. The van der Waals surface area contributed by atoms with E-state index in [2.05, 4.69) is 10.6 Å². The number of carbonyl (C=O) groups excluding carboxylic acids is 3. The average molecular weight is 327 g/mol. The Morgan fingerprint density at radius 2 is 1.75 bits per heavy atom. The fourth-order valence-electron chi connectivity index (χ4n) is 2.98. The number of amides is 2. The fourth-order valence-corrected chi connectivity index (χ4v) is 2.98. The maximum Gasteiger partial charge on any atom is 0.251 e. The van der Waals surface area contributed by atoms with Crippen LogP contribution in [0.4, 0.5) is 0 Å². The van der Waals surface area contributed by atoms with Crippen LogP contribution in [-0.4, -0.2) is 30.2 Å². The van der Waals surface area contributed by atoms with Crippen molar-refractivity contribution in [2.24, 2.45) is 5.92 Å². The Labute approximate surface area is 141 Å². The number of carbonyl (C=O) groups is 3. The molecule has 0 aromatic heterocycles. The van der Waals surface area contributed by atoms with Crippen molar-refractivity contribution < 1.29 is 14.4 Å². The summed E-state index contributed by atoms with van der Waals surface area (Å²) in [6.45, 7) is 1.45. The second-order valence-corrected chi connectivity index (χ2v) is 5.98. The molecular formula is C18H21N3O3. The lowest BCUT2D eigenvalue weighted by Crippen LogP contribution is -2.48. The number of nitrogens with one attached hydrogen (secondary N) is 2. The predicted octanol–water partition coefficient (Wildman–Crippen LogP) is 1.82. The third-order valence-corrected chi connectivity index (χ3v) is 4.31. The molecule has 0 heterocycles. The van der Waals surface area contributed by atoms with Crippen LogP contribution in [0.15, 0.2) is 24.3 Å². The molecule has 0 unspecified atom stereocenters. The van der Waals surface area contributed by atoms with Crippen molar-refractivity contribution in [1.29, 1.82) is 5.26 Å². The Morgan fingerprint density at radius 1 is 1.12 bits per heavy atom. The van der Waals surface area contributed by atoms with Gasteiger partial charge >= 0.3 is 0 Å². The molecule has 2 rings (SSSR count). The molecule has 2 amide bonds. The van der Waals surface area contributed by atoms with Crippen LogP contribution in [0.3, 0.4) is 0 Å². The van der Waals surface area contributed by atoms with Gasteiger partial charge in [-0.3, -0.25) is 14.4 Å². The van der Waals surface area contributed by atoms with E-state index in [1.54, 1.807) is 24.3 Å². The number of rotatable bonds is 5. The molecule has 0 radical (unpaired) electrons. The molecular weight excluding hydrogens is 306 g/mol. The highest BCUT2D eigenvalue weighted by atomic mass is 16.2. The van der Waals surface area contributed by atoms with E-state index in [0.29, 0.717) is 17.5 Å². The van der Waals surface area contributed by atoms with E-state index in [0.717, 1.165) is 19.3 Å². The summed E-state index contributed by atoms with van der Waals surface area (Å²) in [5, 5.41) is 14.1. The molecule has 24 heavy (non-hydrogen) atoms. The van der Waals surface area contributed by atoms with Crippen LogP contribution < -0.4 is 10.6 Å². The van der Waals surface area contributed by atoms with Crippen LogP contribution in [0.5, 0.6) is 0 Å². The number of Topliss-reactive ketones (excluding diaryl/α,β-unsaturated/α-hetero) is 1. The summed E-state index contributed by atoms with van der Waals surface area (Å²) in [6.07, 6.45) is 3.33. The highest BCUT2D eigenvalue weighted by Gasteiger charge is 2.32. The average Bonchev–Trinajstić information content (AvgIpc) is 2.60. The molecule has 126 valence electrons. The van der Waals surface area contributed by atoms with E-state index in [-0.39, 0.29) is 36.1 Å². The van der Waals surface area contributed by atoms with Crippen molar-refractivity contribution >= 4 is 17.6 Å². The predicted molar refractivity (Wildman–Crippen MR) is 88.3 cm³/mol. The summed E-state index contributed by atoms with van der Waals surface area (Å²) in [5.74, 6) is -0.806. The molecule has 6 heteroatoms. The topological polar surface area (TPSA) is 99.1 Å². The maximum atomic E-state index is 12.4. The van der Waals surface area contributed by atoms with Crippen molar-refractivity contribution in [3.05, 3.63) is 35.4 Å². The van der Waals surface area contributed by atoms with Gasteiger partial charge in [0.1, 0.15) is 6.54 Å². The Hall–Kier alpha value is -2.68. The first-order valence-corrected chi connectivity index (χ1v) is 8.09. The van der Waals surface area contributed by atoms with Crippen molar-refractivity contribution in [2.75, 3.05) is 6.54 Å². The van der Waals surface area contributed by atoms with E-state index in [4.69, 9.17) is 5.26 Å². The molecule has 0 aliphatic heterocycles. The quantitative estimate of drug-likeness (QED) is 0.636. The van der Waals surface area contributed by atoms with Gasteiger partial charge in [-0.25, -0.2) is 0 Å². The third kappa shape index (κ3) is 4.42. The molecule has 0 spiro atoms. The normalized spacial score (nSPS) is 19.8. The minimum Gasteiger partial charge on any atom is -0.349 e. The molecule has 6 nitrogen and oxygen atoms in total. The lowest BCUT2D eigenvalue weighted by molar-refractivity contribution is -0.126. The summed E-state index contributed by atoms with van der Waals surface area (Å²) in [7, 11) is 0. The van der Waals surface area contributed by atoms with E-state index in [1.807, 2.05) is 6.07 Å². The summed E-state index contributed by atoms with van der Waals surface area (Å²) in [5.41, 5.74) is 1.01. The van der Waals surface area contributed by atoms with Gasteiger partial charge < -0.3 is 10.6 Å². The van der Waals surface area contributed by atoms with Gasteiger partial charge in [-0.1, -0.05) is 25.0 Å². The monoisotopic (exact) mass is 327 g/mol. The minimum absolute atomic E-state index is 0.0253. The summed E-state index contributed by atoms with van der Waals surface area (Å²) < 4.78 is 0. The van der Waals surface area contributed by atoms with Gasteiger partial charge in [0.2, 0.25) is 5.91 Å². The number of ketones is 1. The van der Waals surface area contributed by atoms with Crippen LogP contribution in [0.2, 0.25) is 0 Å². The molecule has 0 saturated heterocycles. The number of nitrogens with zero attached hydrogens (tertiary/aromatic N) is 1. The van der Waals surface area contributed by atoms with E-state index in [1.165, 1.54) is 6.92 Å². The number of benzene rings is 1. The van der Waals surface area contributed by atoms with E-state index < -0.39 is 0 Å². The Kier molecular flexibility index (Phi) is 6.07. The highest BCUT2D eigenvalue weighted by molar-refractivity contribution is 5.98. The zero-order chi connectivity index (χ0) is 17.5. The largest absolute Gasteiger partial charge is 0.349 e. The number of hydrogen-bond acceptors (Lipinski definition) is 4. The van der Waals surface area contributed by atoms with Gasteiger partial charge in [0.25, 0.3) is 5.91 Å². The van der Waals surface area contributed by atoms with Crippen LogP contribution in [-0.2, 0) is 4.79 Å². The van der Waals surface area contributed by atoms with Crippen molar-refractivity contribution in [1.82, 2.24) is 10.6 Å². The van der Waals surface area contributed by atoms with Gasteiger partial charge in [-0.05, 0) is 31.9 Å². The molecule has 1 aliphatic rings. The van der Waals surface area contributed by atoms with Crippen molar-refractivity contribution in [3.63, 3.8) is 0 Å². The van der Waals surface area contributed by atoms with Gasteiger partial charge in [0.15, 0.2) is 5.78 Å². The van der Waals surface area contributed by atoms with E-state index in [9.17, 15) is 14.4 Å². The first-order chi connectivity index (χ1) is 11.5. The Morgan fingerprint density at radius 3 is 2.38 bits per heavy atom. The van der Waals surface area contributed by atoms with Gasteiger partial charge in [-0.15, -0.1) is 0 Å². The van der Waals surface area contributed by atoms with Crippen LogP contribution >= 0.6 is 0 Å². The zero-order valence-corrected chi connectivity index (χ0v) is 13.7. The van der Waals surface area contributed by atoms with Crippen molar-refractivity contribution in [2.45, 2.75) is 38.6 Å². The molecule has 1 fully saturated rings. The second-order valence-electron chi connectivity index (χ2n) is 5.98. The van der Waals surface area contributed by atoms with E-state index >= 15 is 0 Å². The number of hydrogen-bond donors (Lipinski definition) is 2. The Bertz CT molecular complexity index is 661. The maximum absolute atomic E-state index is 12.4. The SMILES string of the molecule is CC(=O)c1ccc(C(=O)N[C@@H]2CCCC[C@H]2C(=O)NCC#N)cc1. The summed E-state index contributed by atoms with van der Waals surface area (Å²) in [6, 6.07) is 8.11. The lowest BCUT2D eigenvalue weighted by atomic mass is 9.83. The standard InChI is InChI=1S/C18H21N3O3/c1-12(22)13-6-8-14(9-7-13)17(23)21-16-5-3-2-4-15(16)18(24)20-11-10-19/h6-9,15-16H,2-5,11H2,1H3,(H,20,24)(H,21,23)/t15-,16-/m1/s1. The molecule has 0 bridgehead atoms. The van der Waals surface area contributed by atoms with Crippen molar-refractivity contribution in [3.8, 4) is 6.07 Å². The molecule has 1 aromatic rings. The molecule has 1 aromatic carbocycles. The van der Waals surface area contributed by atoms with Gasteiger partial charge in [0, 0.05) is 17.2 Å². The second kappa shape index (κ2) is 8.25. The minimum atomic E-state index is -0.312. The van der Waals surface area contributed by atoms with Gasteiger partial charge in [-0.2, -0.15) is 5.26 Å². The molecule has 2 N–H and O–H groups in total. The van der Waals surface area contributed by atoms with Crippen LogP contribution in [0.25, 0.3) is 0 Å². The smallest absolute Gasteiger partial charge is 0.251 e. The highest BCUT2D eigenvalue weighted by Crippen LogP contribution is 2.25. The fraction of sp³-hybridized carbons (Fsp3) is 0.444. The Balaban J connectivity index is 2.03.